The van der Waals surface area contributed by atoms with Crippen molar-refractivity contribution < 1.29 is 0 Å². The molecule has 1 nitrogen and oxygen atoms in total. The van der Waals surface area contributed by atoms with E-state index < -0.39 is 0 Å². The van der Waals surface area contributed by atoms with Crippen LogP contribution >= 0.6 is 11.6 Å². The number of nitrogens with one attached hydrogen (secondary N) is 1. The highest BCUT2D eigenvalue weighted by atomic mass is 35.5. The van der Waals surface area contributed by atoms with Gasteiger partial charge in [-0.3, -0.25) is 0 Å². The van der Waals surface area contributed by atoms with Crippen LogP contribution in [0.15, 0.2) is 84.9 Å². The van der Waals surface area contributed by atoms with Gasteiger partial charge in [-0.05, 0) is 58.9 Å². The maximum atomic E-state index is 6.25. The van der Waals surface area contributed by atoms with Crippen LogP contribution in [-0.2, 0) is 0 Å². The van der Waals surface area contributed by atoms with Crippen molar-refractivity contribution in [2.45, 2.75) is 18.4 Å². The molecule has 3 aromatic carbocycles. The van der Waals surface area contributed by atoms with E-state index in [0.717, 1.165) is 11.4 Å². The Bertz CT molecular complexity index is 977. The second-order valence-corrected chi connectivity index (χ2v) is 7.63. The maximum Gasteiger partial charge on any atom is 0.0554 e. The molecule has 0 spiro atoms. The lowest BCUT2D eigenvalue weighted by atomic mass is 9.76. The highest BCUT2D eigenvalue weighted by Gasteiger charge is 2.37. The van der Waals surface area contributed by atoms with Crippen LogP contribution in [0.2, 0.25) is 5.02 Å². The minimum Gasteiger partial charge on any atom is -0.378 e. The lowest BCUT2D eigenvalue weighted by Crippen LogP contribution is -2.29. The van der Waals surface area contributed by atoms with E-state index in [1.165, 1.54) is 27.9 Å². The van der Waals surface area contributed by atoms with Crippen molar-refractivity contribution in [1.82, 2.24) is 0 Å². The summed E-state index contributed by atoms with van der Waals surface area (Å²) in [5.74, 6) is 0.992. The first-order chi connectivity index (χ1) is 12.8. The maximum absolute atomic E-state index is 6.25. The summed E-state index contributed by atoms with van der Waals surface area (Å²) in [5, 5.41) is 4.59. The standard InChI is InChI=1S/C24H20ClN/c25-19-9-4-8-18(14-19)24-21-11-5-10-20(21)22-15-17(12-13-23(22)26-24)16-6-2-1-3-7-16/h1-10,12-15,20-21,24,26H,11H2/t20-,21+,24+/m1/s1. The van der Waals surface area contributed by atoms with Crippen LogP contribution in [0.1, 0.15) is 29.5 Å². The van der Waals surface area contributed by atoms with Crippen molar-refractivity contribution in [3.8, 4) is 11.1 Å². The van der Waals surface area contributed by atoms with Gasteiger partial charge in [0.1, 0.15) is 0 Å². The summed E-state index contributed by atoms with van der Waals surface area (Å²) in [6.45, 7) is 0. The Balaban J connectivity index is 1.57. The predicted octanol–water partition coefficient (Wildman–Crippen LogP) is 6.83. The summed E-state index contributed by atoms with van der Waals surface area (Å²) in [6.07, 6.45) is 5.82. The van der Waals surface area contributed by atoms with E-state index >= 15 is 0 Å². The van der Waals surface area contributed by atoms with Crippen molar-refractivity contribution in [1.29, 1.82) is 0 Å². The molecule has 0 radical (unpaired) electrons. The Hall–Kier alpha value is -2.51. The lowest BCUT2D eigenvalue weighted by Gasteiger charge is -2.38. The first kappa shape index (κ1) is 15.7. The fourth-order valence-electron chi connectivity index (χ4n) is 4.43. The van der Waals surface area contributed by atoms with E-state index in [1.54, 1.807) is 0 Å². The SMILES string of the molecule is Clc1cccc([C@@H]2Nc3ccc(-c4ccccc4)cc3[C@@H]3C=CC[C@@H]32)c1. The van der Waals surface area contributed by atoms with Crippen LogP contribution in [0.25, 0.3) is 11.1 Å². The third-order valence-corrected chi connectivity index (χ3v) is 5.91. The highest BCUT2D eigenvalue weighted by molar-refractivity contribution is 6.30. The van der Waals surface area contributed by atoms with Gasteiger partial charge in [-0.25, -0.2) is 0 Å². The minimum absolute atomic E-state index is 0.295. The molecule has 0 saturated heterocycles. The average Bonchev–Trinajstić information content (AvgIpc) is 3.18. The smallest absolute Gasteiger partial charge is 0.0554 e. The number of rotatable bonds is 2. The monoisotopic (exact) mass is 357 g/mol. The molecule has 5 rings (SSSR count). The first-order valence-corrected chi connectivity index (χ1v) is 9.55. The second-order valence-electron chi connectivity index (χ2n) is 7.20. The van der Waals surface area contributed by atoms with Gasteiger partial charge in [-0.1, -0.05) is 72.3 Å². The van der Waals surface area contributed by atoms with Gasteiger partial charge in [-0.15, -0.1) is 0 Å². The largest absolute Gasteiger partial charge is 0.378 e. The van der Waals surface area contributed by atoms with Crippen LogP contribution in [0.4, 0.5) is 5.69 Å². The molecule has 1 aliphatic heterocycles. The Labute approximate surface area is 159 Å². The van der Waals surface area contributed by atoms with Gasteiger partial charge in [0.2, 0.25) is 0 Å². The fourth-order valence-corrected chi connectivity index (χ4v) is 4.63. The second kappa shape index (κ2) is 6.34. The summed E-state index contributed by atoms with van der Waals surface area (Å²) in [5.41, 5.74) is 6.47. The molecule has 0 saturated carbocycles. The Morgan fingerprint density at radius 2 is 1.73 bits per heavy atom. The molecular weight excluding hydrogens is 338 g/mol. The van der Waals surface area contributed by atoms with E-state index in [0.29, 0.717) is 17.9 Å². The normalized spacial score (nSPS) is 23.2. The van der Waals surface area contributed by atoms with Crippen molar-refractivity contribution >= 4 is 17.3 Å². The van der Waals surface area contributed by atoms with E-state index in [1.807, 2.05) is 12.1 Å². The van der Waals surface area contributed by atoms with Gasteiger partial charge >= 0.3 is 0 Å². The topological polar surface area (TPSA) is 12.0 Å². The number of anilines is 1. The molecule has 0 unspecified atom stereocenters. The highest BCUT2D eigenvalue weighted by Crippen LogP contribution is 2.50. The van der Waals surface area contributed by atoms with E-state index in [4.69, 9.17) is 11.6 Å². The molecule has 1 N–H and O–H groups in total. The van der Waals surface area contributed by atoms with Crippen LogP contribution in [0, 0.1) is 5.92 Å². The van der Waals surface area contributed by atoms with Gasteiger partial charge in [0, 0.05) is 16.6 Å². The number of halogens is 1. The quantitative estimate of drug-likeness (QED) is 0.495. The number of fused-ring (bicyclic) bond motifs is 3. The van der Waals surface area contributed by atoms with Gasteiger partial charge in [0.25, 0.3) is 0 Å². The van der Waals surface area contributed by atoms with Crippen molar-refractivity contribution in [3.63, 3.8) is 0 Å². The summed E-state index contributed by atoms with van der Waals surface area (Å²) < 4.78 is 0. The zero-order valence-corrected chi connectivity index (χ0v) is 15.2. The Morgan fingerprint density at radius 1 is 0.846 bits per heavy atom. The number of allylic oxidation sites excluding steroid dienone is 2. The van der Waals surface area contributed by atoms with Crippen molar-refractivity contribution in [3.05, 3.63) is 101 Å². The molecule has 26 heavy (non-hydrogen) atoms. The van der Waals surface area contributed by atoms with E-state index in [9.17, 15) is 0 Å². The van der Waals surface area contributed by atoms with Crippen molar-refractivity contribution in [2.75, 3.05) is 5.32 Å². The van der Waals surface area contributed by atoms with Crippen molar-refractivity contribution in [2.24, 2.45) is 5.92 Å². The zero-order chi connectivity index (χ0) is 17.5. The molecule has 128 valence electrons. The molecule has 2 aliphatic rings. The summed E-state index contributed by atoms with van der Waals surface area (Å²) >= 11 is 6.25. The Kier molecular flexibility index (Phi) is 3.83. The summed E-state index contributed by atoms with van der Waals surface area (Å²) in [6, 6.07) is 26.0. The summed E-state index contributed by atoms with van der Waals surface area (Å²) in [4.78, 5) is 0. The van der Waals surface area contributed by atoms with Crippen LogP contribution in [0.3, 0.4) is 0 Å². The number of hydrogen-bond acceptors (Lipinski definition) is 1. The predicted molar refractivity (Wildman–Crippen MR) is 110 cm³/mol. The number of hydrogen-bond donors (Lipinski definition) is 1. The number of benzene rings is 3. The van der Waals surface area contributed by atoms with E-state index in [-0.39, 0.29) is 0 Å². The Morgan fingerprint density at radius 3 is 2.58 bits per heavy atom. The van der Waals surface area contributed by atoms with Gasteiger partial charge < -0.3 is 5.32 Å². The van der Waals surface area contributed by atoms with Crippen LogP contribution in [0.5, 0.6) is 0 Å². The average molecular weight is 358 g/mol. The third-order valence-electron chi connectivity index (χ3n) is 5.68. The molecular formula is C24H20ClN. The molecule has 0 bridgehead atoms. The molecule has 0 amide bonds. The molecule has 1 heterocycles. The first-order valence-electron chi connectivity index (χ1n) is 9.17. The van der Waals surface area contributed by atoms with Crippen LogP contribution in [-0.4, -0.2) is 0 Å². The summed E-state index contributed by atoms with van der Waals surface area (Å²) in [7, 11) is 0. The molecule has 1 aliphatic carbocycles. The molecule has 3 aromatic rings. The van der Waals surface area contributed by atoms with E-state index in [2.05, 4.69) is 78.1 Å². The molecule has 2 heteroatoms. The van der Waals surface area contributed by atoms with Gasteiger partial charge in [0.05, 0.1) is 6.04 Å². The zero-order valence-electron chi connectivity index (χ0n) is 14.4. The lowest BCUT2D eigenvalue weighted by molar-refractivity contribution is 0.425. The molecule has 0 aromatic heterocycles. The van der Waals surface area contributed by atoms with Gasteiger partial charge in [-0.2, -0.15) is 0 Å². The van der Waals surface area contributed by atoms with Crippen LogP contribution < -0.4 is 5.32 Å². The van der Waals surface area contributed by atoms with Gasteiger partial charge in [0.15, 0.2) is 0 Å². The fraction of sp³-hybridized carbons (Fsp3) is 0.167. The third kappa shape index (κ3) is 2.64. The minimum atomic E-state index is 0.295. The molecule has 3 atom stereocenters. The molecule has 0 fully saturated rings.